The van der Waals surface area contributed by atoms with E-state index >= 15 is 0 Å². The van der Waals surface area contributed by atoms with Gasteiger partial charge < -0.3 is 9.15 Å². The minimum absolute atomic E-state index is 0.225. The zero-order valence-electron chi connectivity index (χ0n) is 11.1. The van der Waals surface area contributed by atoms with Crippen molar-refractivity contribution in [2.24, 2.45) is 0 Å². The number of aryl methyl sites for hydroxylation is 1. The molecule has 0 radical (unpaired) electrons. The SMILES string of the molecule is O=C(NOCCCc1ccco1)OCc1ccccc1. The van der Waals surface area contributed by atoms with E-state index in [0.717, 1.165) is 24.2 Å². The quantitative estimate of drug-likeness (QED) is 0.623. The van der Waals surface area contributed by atoms with Crippen molar-refractivity contribution in [3.8, 4) is 0 Å². The Bertz CT molecular complexity index is 496. The number of amides is 1. The van der Waals surface area contributed by atoms with Gasteiger partial charge in [0.05, 0.1) is 12.9 Å². The van der Waals surface area contributed by atoms with Crippen molar-refractivity contribution in [2.75, 3.05) is 6.61 Å². The summed E-state index contributed by atoms with van der Waals surface area (Å²) in [4.78, 5) is 16.3. The molecular formula is C15H17NO4. The lowest BCUT2D eigenvalue weighted by Crippen LogP contribution is -2.25. The fraction of sp³-hybridized carbons (Fsp3) is 0.267. The van der Waals surface area contributed by atoms with Crippen LogP contribution in [0.2, 0.25) is 0 Å². The number of hydroxylamine groups is 1. The van der Waals surface area contributed by atoms with Crippen molar-refractivity contribution in [2.45, 2.75) is 19.4 Å². The van der Waals surface area contributed by atoms with Crippen LogP contribution < -0.4 is 5.48 Å². The van der Waals surface area contributed by atoms with E-state index in [2.05, 4.69) is 5.48 Å². The summed E-state index contributed by atoms with van der Waals surface area (Å²) in [5.41, 5.74) is 3.17. The van der Waals surface area contributed by atoms with Crippen molar-refractivity contribution >= 4 is 6.09 Å². The summed E-state index contributed by atoms with van der Waals surface area (Å²) in [6, 6.07) is 13.2. The third kappa shape index (κ3) is 5.16. The number of hydrogen-bond donors (Lipinski definition) is 1. The van der Waals surface area contributed by atoms with Crippen molar-refractivity contribution in [1.82, 2.24) is 5.48 Å². The summed E-state index contributed by atoms with van der Waals surface area (Å²) in [5.74, 6) is 0.903. The molecule has 0 aliphatic rings. The molecule has 0 aliphatic carbocycles. The first kappa shape index (κ1) is 14.1. The number of carbonyl (C=O) groups is 1. The Morgan fingerprint density at radius 3 is 2.75 bits per heavy atom. The summed E-state index contributed by atoms with van der Waals surface area (Å²) in [6.07, 6.45) is 2.57. The van der Waals surface area contributed by atoms with E-state index in [1.54, 1.807) is 6.26 Å². The predicted molar refractivity (Wildman–Crippen MR) is 72.7 cm³/mol. The van der Waals surface area contributed by atoms with E-state index in [1.807, 2.05) is 42.5 Å². The van der Waals surface area contributed by atoms with E-state index in [-0.39, 0.29) is 6.61 Å². The molecule has 0 spiro atoms. The topological polar surface area (TPSA) is 60.7 Å². The Balaban J connectivity index is 1.52. The molecule has 5 nitrogen and oxygen atoms in total. The number of benzene rings is 1. The van der Waals surface area contributed by atoms with E-state index in [1.165, 1.54) is 0 Å². The van der Waals surface area contributed by atoms with Crippen LogP contribution in [0.4, 0.5) is 4.79 Å². The Labute approximate surface area is 117 Å². The number of hydrogen-bond acceptors (Lipinski definition) is 4. The molecule has 0 aliphatic heterocycles. The second kappa shape index (κ2) is 8.01. The molecule has 1 heterocycles. The van der Waals surface area contributed by atoms with Gasteiger partial charge in [-0.3, -0.25) is 4.84 Å². The van der Waals surface area contributed by atoms with E-state index in [4.69, 9.17) is 14.0 Å². The number of nitrogens with one attached hydrogen (secondary N) is 1. The number of carbonyl (C=O) groups excluding carboxylic acids is 1. The van der Waals surface area contributed by atoms with Gasteiger partial charge >= 0.3 is 6.09 Å². The number of ether oxygens (including phenoxy) is 1. The zero-order valence-corrected chi connectivity index (χ0v) is 11.1. The van der Waals surface area contributed by atoms with Gasteiger partial charge in [-0.2, -0.15) is 5.48 Å². The summed E-state index contributed by atoms with van der Waals surface area (Å²) < 4.78 is 10.2. The van der Waals surface area contributed by atoms with Crippen molar-refractivity contribution in [3.63, 3.8) is 0 Å². The van der Waals surface area contributed by atoms with Gasteiger partial charge in [0, 0.05) is 6.42 Å². The normalized spacial score (nSPS) is 10.2. The monoisotopic (exact) mass is 275 g/mol. The van der Waals surface area contributed by atoms with Crippen LogP contribution in [-0.2, 0) is 22.6 Å². The molecule has 0 fully saturated rings. The minimum Gasteiger partial charge on any atom is -0.469 e. The molecular weight excluding hydrogens is 258 g/mol. The highest BCUT2D eigenvalue weighted by Gasteiger charge is 2.02. The Morgan fingerprint density at radius 1 is 1.15 bits per heavy atom. The molecule has 0 atom stereocenters. The molecule has 2 aromatic rings. The lowest BCUT2D eigenvalue weighted by atomic mass is 10.2. The second-order valence-corrected chi connectivity index (χ2v) is 4.20. The van der Waals surface area contributed by atoms with E-state index in [9.17, 15) is 4.79 Å². The van der Waals surface area contributed by atoms with Crippen LogP contribution in [-0.4, -0.2) is 12.7 Å². The molecule has 1 aromatic heterocycles. The molecule has 1 amide bonds. The van der Waals surface area contributed by atoms with Crippen LogP contribution in [0.5, 0.6) is 0 Å². The van der Waals surface area contributed by atoms with Crippen LogP contribution in [0.3, 0.4) is 0 Å². The average molecular weight is 275 g/mol. The maximum absolute atomic E-state index is 11.3. The molecule has 106 valence electrons. The molecule has 20 heavy (non-hydrogen) atoms. The highest BCUT2D eigenvalue weighted by Crippen LogP contribution is 2.03. The minimum atomic E-state index is -0.591. The average Bonchev–Trinajstić information content (AvgIpc) is 2.99. The first-order valence-corrected chi connectivity index (χ1v) is 6.45. The van der Waals surface area contributed by atoms with Crippen molar-refractivity contribution in [1.29, 1.82) is 0 Å². The summed E-state index contributed by atoms with van der Waals surface area (Å²) in [7, 11) is 0. The van der Waals surface area contributed by atoms with Crippen molar-refractivity contribution in [3.05, 3.63) is 60.1 Å². The van der Waals surface area contributed by atoms with E-state index in [0.29, 0.717) is 6.61 Å². The predicted octanol–water partition coefficient (Wildman–Crippen LogP) is 3.07. The van der Waals surface area contributed by atoms with Gasteiger partial charge in [0.1, 0.15) is 12.4 Å². The Morgan fingerprint density at radius 2 is 2.00 bits per heavy atom. The largest absolute Gasteiger partial charge is 0.469 e. The maximum atomic E-state index is 11.3. The second-order valence-electron chi connectivity index (χ2n) is 4.20. The maximum Gasteiger partial charge on any atom is 0.431 e. The van der Waals surface area contributed by atoms with Gasteiger partial charge in [-0.05, 0) is 24.1 Å². The summed E-state index contributed by atoms with van der Waals surface area (Å²) in [5, 5.41) is 0. The summed E-state index contributed by atoms with van der Waals surface area (Å²) >= 11 is 0. The highest BCUT2D eigenvalue weighted by atomic mass is 16.7. The Hall–Kier alpha value is -2.27. The van der Waals surface area contributed by atoms with Crippen LogP contribution in [0.15, 0.2) is 53.1 Å². The molecule has 1 N–H and O–H groups in total. The van der Waals surface area contributed by atoms with Crippen LogP contribution in [0.1, 0.15) is 17.7 Å². The Kier molecular flexibility index (Phi) is 5.67. The molecule has 0 saturated heterocycles. The van der Waals surface area contributed by atoms with Gasteiger partial charge in [0.25, 0.3) is 0 Å². The van der Waals surface area contributed by atoms with Gasteiger partial charge in [0.2, 0.25) is 0 Å². The van der Waals surface area contributed by atoms with Crippen LogP contribution >= 0.6 is 0 Å². The third-order valence-electron chi connectivity index (χ3n) is 2.62. The van der Waals surface area contributed by atoms with Gasteiger partial charge in [-0.25, -0.2) is 4.79 Å². The first-order valence-electron chi connectivity index (χ1n) is 6.45. The lowest BCUT2D eigenvalue weighted by Gasteiger charge is -2.07. The van der Waals surface area contributed by atoms with Crippen molar-refractivity contribution < 1.29 is 18.8 Å². The van der Waals surface area contributed by atoms with Crippen LogP contribution in [0.25, 0.3) is 0 Å². The molecule has 0 unspecified atom stereocenters. The lowest BCUT2D eigenvalue weighted by molar-refractivity contribution is 0.0241. The number of furan rings is 1. The first-order chi connectivity index (χ1) is 9.84. The highest BCUT2D eigenvalue weighted by molar-refractivity contribution is 5.65. The third-order valence-corrected chi connectivity index (χ3v) is 2.62. The molecule has 5 heteroatoms. The molecule has 0 saturated carbocycles. The van der Waals surface area contributed by atoms with Crippen LogP contribution in [0, 0.1) is 0 Å². The summed E-state index contributed by atoms with van der Waals surface area (Å²) in [6.45, 7) is 0.629. The number of rotatable bonds is 7. The standard InChI is InChI=1S/C15H17NO4/c17-15(19-12-13-6-2-1-3-7-13)16-20-11-5-9-14-8-4-10-18-14/h1-4,6-8,10H,5,9,11-12H2,(H,16,17). The van der Waals surface area contributed by atoms with E-state index < -0.39 is 6.09 Å². The fourth-order valence-electron chi connectivity index (χ4n) is 1.64. The molecule has 1 aromatic carbocycles. The van der Waals surface area contributed by atoms with Gasteiger partial charge in [-0.15, -0.1) is 0 Å². The fourth-order valence-corrected chi connectivity index (χ4v) is 1.64. The van der Waals surface area contributed by atoms with Gasteiger partial charge in [-0.1, -0.05) is 30.3 Å². The zero-order chi connectivity index (χ0) is 14.0. The molecule has 2 rings (SSSR count). The molecule has 0 bridgehead atoms. The smallest absolute Gasteiger partial charge is 0.431 e. The van der Waals surface area contributed by atoms with Gasteiger partial charge in [0.15, 0.2) is 0 Å².